The van der Waals surface area contributed by atoms with Crippen LogP contribution in [0.1, 0.15) is 24.2 Å². The molecular formula is C15H16N4. The summed E-state index contributed by atoms with van der Waals surface area (Å²) in [5, 5.41) is 8.92. The first kappa shape index (κ1) is 13.1. The number of nitrogens with two attached hydrogens (primary N) is 1. The smallest absolute Gasteiger partial charge is 0.0992 e. The third-order valence-corrected chi connectivity index (χ3v) is 2.99. The predicted molar refractivity (Wildman–Crippen MR) is 76.1 cm³/mol. The van der Waals surface area contributed by atoms with E-state index in [-0.39, 0.29) is 6.04 Å². The average Bonchev–Trinajstić information content (AvgIpc) is 2.46. The average molecular weight is 252 g/mol. The van der Waals surface area contributed by atoms with Crippen LogP contribution in [0.5, 0.6) is 0 Å². The topological polar surface area (TPSA) is 65.9 Å². The van der Waals surface area contributed by atoms with Gasteiger partial charge in [-0.05, 0) is 37.3 Å². The monoisotopic (exact) mass is 252 g/mol. The minimum atomic E-state index is -0.0683. The second-order valence-corrected chi connectivity index (χ2v) is 4.45. The molecule has 0 spiro atoms. The number of rotatable bonds is 3. The Labute approximate surface area is 113 Å². The van der Waals surface area contributed by atoms with E-state index in [2.05, 4.69) is 11.1 Å². The van der Waals surface area contributed by atoms with E-state index in [0.29, 0.717) is 5.56 Å². The van der Waals surface area contributed by atoms with Crippen LogP contribution in [0, 0.1) is 11.3 Å². The molecule has 2 N–H and O–H groups in total. The molecule has 0 saturated carbocycles. The normalized spacial score (nSPS) is 11.7. The van der Waals surface area contributed by atoms with Gasteiger partial charge in [0, 0.05) is 18.8 Å². The van der Waals surface area contributed by atoms with Gasteiger partial charge in [0.1, 0.15) is 0 Å². The lowest BCUT2D eigenvalue weighted by Gasteiger charge is -2.19. The van der Waals surface area contributed by atoms with E-state index < -0.39 is 0 Å². The molecule has 2 aromatic rings. The highest BCUT2D eigenvalue weighted by atomic mass is 15.1. The van der Waals surface area contributed by atoms with Crippen molar-refractivity contribution in [1.82, 2.24) is 4.98 Å². The Kier molecular flexibility index (Phi) is 3.79. The molecule has 0 unspecified atom stereocenters. The van der Waals surface area contributed by atoms with Crippen LogP contribution in [0.2, 0.25) is 0 Å². The maximum Gasteiger partial charge on any atom is 0.0992 e. The molecule has 0 bridgehead atoms. The molecule has 0 aliphatic heterocycles. The number of aromatic nitrogens is 1. The highest BCUT2D eigenvalue weighted by Gasteiger charge is 2.06. The largest absolute Gasteiger partial charge is 0.343 e. The van der Waals surface area contributed by atoms with E-state index in [9.17, 15) is 0 Å². The maximum atomic E-state index is 8.92. The molecule has 0 fully saturated rings. The number of benzene rings is 1. The first-order valence-corrected chi connectivity index (χ1v) is 6.07. The summed E-state index contributed by atoms with van der Waals surface area (Å²) in [5.41, 5.74) is 9.19. The maximum absolute atomic E-state index is 8.92. The summed E-state index contributed by atoms with van der Waals surface area (Å²) in [5.74, 6) is 0. The molecule has 4 nitrogen and oxygen atoms in total. The molecule has 1 aromatic carbocycles. The highest BCUT2D eigenvalue weighted by Crippen LogP contribution is 2.24. The molecule has 0 aliphatic rings. The second-order valence-electron chi connectivity index (χ2n) is 4.45. The van der Waals surface area contributed by atoms with Crippen molar-refractivity contribution in [3.8, 4) is 6.07 Å². The molecule has 4 heteroatoms. The fourth-order valence-electron chi connectivity index (χ4n) is 1.80. The quantitative estimate of drug-likeness (QED) is 0.912. The second kappa shape index (κ2) is 5.51. The van der Waals surface area contributed by atoms with Crippen molar-refractivity contribution in [3.63, 3.8) is 0 Å². The van der Waals surface area contributed by atoms with E-state index in [4.69, 9.17) is 11.0 Å². The lowest BCUT2D eigenvalue weighted by Crippen LogP contribution is -2.12. The fourth-order valence-corrected chi connectivity index (χ4v) is 1.80. The molecule has 19 heavy (non-hydrogen) atoms. The van der Waals surface area contributed by atoms with Crippen LogP contribution in [0.3, 0.4) is 0 Å². The van der Waals surface area contributed by atoms with Crippen LogP contribution in [-0.4, -0.2) is 12.0 Å². The standard InChI is InChI=1S/C15H16N4/c1-11(17)15-7-6-14(10-18-15)19(2)13-5-3-4-12(8-13)9-16/h3-8,10-11H,17H2,1-2H3/t11-/m0/s1. The van der Waals surface area contributed by atoms with E-state index in [1.54, 1.807) is 12.3 Å². The van der Waals surface area contributed by atoms with Gasteiger partial charge in [0.2, 0.25) is 0 Å². The van der Waals surface area contributed by atoms with Crippen LogP contribution >= 0.6 is 0 Å². The Balaban J connectivity index is 2.28. The van der Waals surface area contributed by atoms with Gasteiger partial charge in [0.25, 0.3) is 0 Å². The van der Waals surface area contributed by atoms with Gasteiger partial charge >= 0.3 is 0 Å². The summed E-state index contributed by atoms with van der Waals surface area (Å²) in [6.07, 6.45) is 1.79. The predicted octanol–water partition coefficient (Wildman–Crippen LogP) is 2.74. The molecule has 0 aliphatic carbocycles. The van der Waals surface area contributed by atoms with Crippen molar-refractivity contribution in [1.29, 1.82) is 5.26 Å². The van der Waals surface area contributed by atoms with E-state index >= 15 is 0 Å². The number of nitriles is 1. The highest BCUT2D eigenvalue weighted by molar-refractivity contribution is 5.63. The third-order valence-electron chi connectivity index (χ3n) is 2.99. The van der Waals surface area contributed by atoms with Crippen molar-refractivity contribution in [2.24, 2.45) is 5.73 Å². The van der Waals surface area contributed by atoms with Crippen LogP contribution in [-0.2, 0) is 0 Å². The van der Waals surface area contributed by atoms with Gasteiger partial charge in [-0.1, -0.05) is 6.07 Å². The summed E-state index contributed by atoms with van der Waals surface area (Å²) in [6.45, 7) is 1.90. The van der Waals surface area contributed by atoms with Crippen LogP contribution in [0.15, 0.2) is 42.6 Å². The minimum Gasteiger partial charge on any atom is -0.343 e. The SMILES string of the molecule is C[C@H](N)c1ccc(N(C)c2cccc(C#N)c2)cn1. The van der Waals surface area contributed by atoms with Gasteiger partial charge in [-0.25, -0.2) is 0 Å². The Bertz CT molecular complexity index is 596. The zero-order chi connectivity index (χ0) is 13.8. The van der Waals surface area contributed by atoms with Gasteiger partial charge in [-0.3, -0.25) is 4.98 Å². The summed E-state index contributed by atoms with van der Waals surface area (Å²) < 4.78 is 0. The number of hydrogen-bond acceptors (Lipinski definition) is 4. The summed E-state index contributed by atoms with van der Waals surface area (Å²) >= 11 is 0. The fraction of sp³-hybridized carbons (Fsp3) is 0.200. The zero-order valence-corrected chi connectivity index (χ0v) is 11.0. The zero-order valence-electron chi connectivity index (χ0n) is 11.0. The van der Waals surface area contributed by atoms with Crippen molar-refractivity contribution in [2.75, 3.05) is 11.9 Å². The first-order chi connectivity index (χ1) is 9.11. The van der Waals surface area contributed by atoms with Gasteiger partial charge in [-0.2, -0.15) is 5.26 Å². The van der Waals surface area contributed by atoms with Gasteiger partial charge in [0.05, 0.1) is 29.2 Å². The lowest BCUT2D eigenvalue weighted by atomic mass is 10.2. The van der Waals surface area contributed by atoms with Crippen LogP contribution < -0.4 is 10.6 Å². The van der Waals surface area contributed by atoms with Gasteiger partial charge in [-0.15, -0.1) is 0 Å². The molecule has 0 saturated heterocycles. The summed E-state index contributed by atoms with van der Waals surface area (Å²) in [7, 11) is 1.94. The molecule has 1 heterocycles. The summed E-state index contributed by atoms with van der Waals surface area (Å²) in [6, 6.07) is 13.4. The minimum absolute atomic E-state index is 0.0683. The van der Waals surface area contributed by atoms with Crippen molar-refractivity contribution >= 4 is 11.4 Å². The lowest BCUT2D eigenvalue weighted by molar-refractivity contribution is 0.781. The van der Waals surface area contributed by atoms with E-state index in [0.717, 1.165) is 17.1 Å². The first-order valence-electron chi connectivity index (χ1n) is 6.07. The molecule has 1 atom stereocenters. The third kappa shape index (κ3) is 2.90. The van der Waals surface area contributed by atoms with Crippen molar-refractivity contribution in [2.45, 2.75) is 13.0 Å². The molecule has 0 radical (unpaired) electrons. The number of anilines is 2. The number of pyridine rings is 1. The van der Waals surface area contributed by atoms with Crippen LogP contribution in [0.4, 0.5) is 11.4 Å². The molecular weight excluding hydrogens is 236 g/mol. The number of hydrogen-bond donors (Lipinski definition) is 1. The Hall–Kier alpha value is -2.38. The summed E-state index contributed by atoms with van der Waals surface area (Å²) in [4.78, 5) is 6.32. The molecule has 2 rings (SSSR count). The van der Waals surface area contributed by atoms with Gasteiger partial charge in [0.15, 0.2) is 0 Å². The number of nitrogens with zero attached hydrogens (tertiary/aromatic N) is 3. The van der Waals surface area contributed by atoms with Gasteiger partial charge < -0.3 is 10.6 Å². The van der Waals surface area contributed by atoms with Crippen molar-refractivity contribution in [3.05, 3.63) is 53.9 Å². The molecule has 96 valence electrons. The van der Waals surface area contributed by atoms with E-state index in [1.807, 2.05) is 49.2 Å². The van der Waals surface area contributed by atoms with Crippen molar-refractivity contribution < 1.29 is 0 Å². The van der Waals surface area contributed by atoms with E-state index in [1.165, 1.54) is 0 Å². The Morgan fingerprint density at radius 2 is 2.05 bits per heavy atom. The Morgan fingerprint density at radius 3 is 2.63 bits per heavy atom. The Morgan fingerprint density at radius 1 is 1.26 bits per heavy atom. The molecule has 0 amide bonds. The molecule has 1 aromatic heterocycles. The van der Waals surface area contributed by atoms with Crippen LogP contribution in [0.25, 0.3) is 0 Å².